The van der Waals surface area contributed by atoms with Crippen molar-refractivity contribution in [3.05, 3.63) is 46.7 Å². The molecule has 0 bridgehead atoms. The van der Waals surface area contributed by atoms with Gasteiger partial charge in [0.1, 0.15) is 5.52 Å². The van der Waals surface area contributed by atoms with Gasteiger partial charge in [0.25, 0.3) is 0 Å². The molecule has 0 saturated heterocycles. The molecule has 0 spiro atoms. The second-order valence-electron chi connectivity index (χ2n) is 7.22. The summed E-state index contributed by atoms with van der Waals surface area (Å²) in [5, 5.41) is 21.9. The van der Waals surface area contributed by atoms with E-state index in [-0.39, 0.29) is 0 Å². The van der Waals surface area contributed by atoms with Crippen LogP contribution in [0.5, 0.6) is 0 Å². The number of nitriles is 2. The Morgan fingerprint density at radius 3 is 2.59 bits per heavy atom. The second-order valence-corrected chi connectivity index (χ2v) is 8.13. The Balaban J connectivity index is 2.02. The maximum Gasteiger partial charge on any atom is 0.217 e. The van der Waals surface area contributed by atoms with Gasteiger partial charge in [-0.1, -0.05) is 15.9 Å². The standard InChI is InChI=1S/C21H16BrN7/c1-21(2,10-23)16-7-4-12(9-25-16)17-19-18(28-20(26-11-24)29(19)3)14-8-13(22)5-6-15(14)27-17/h4-9H,1-3H3,(H,26,28). The van der Waals surface area contributed by atoms with E-state index in [1.807, 2.05) is 62.0 Å². The summed E-state index contributed by atoms with van der Waals surface area (Å²) in [6, 6.07) is 11.9. The number of anilines is 1. The quantitative estimate of drug-likeness (QED) is 0.363. The van der Waals surface area contributed by atoms with Crippen molar-refractivity contribution in [1.29, 1.82) is 10.5 Å². The van der Waals surface area contributed by atoms with Crippen LogP contribution in [0.3, 0.4) is 0 Å². The third-order valence-electron chi connectivity index (χ3n) is 4.89. The van der Waals surface area contributed by atoms with Crippen LogP contribution in [-0.4, -0.2) is 19.5 Å². The molecule has 29 heavy (non-hydrogen) atoms. The minimum Gasteiger partial charge on any atom is -0.311 e. The van der Waals surface area contributed by atoms with E-state index in [1.54, 1.807) is 6.20 Å². The van der Waals surface area contributed by atoms with Gasteiger partial charge in [-0.2, -0.15) is 10.5 Å². The molecule has 0 atom stereocenters. The molecular formula is C21H16BrN7. The number of rotatable bonds is 3. The van der Waals surface area contributed by atoms with Gasteiger partial charge in [-0.3, -0.25) is 10.3 Å². The van der Waals surface area contributed by atoms with E-state index in [0.29, 0.717) is 17.3 Å². The van der Waals surface area contributed by atoms with Crippen LogP contribution in [0.2, 0.25) is 0 Å². The number of nitrogens with zero attached hydrogens (tertiary/aromatic N) is 6. The maximum atomic E-state index is 9.35. The Kier molecular flexibility index (Phi) is 4.45. The summed E-state index contributed by atoms with van der Waals surface area (Å²) in [5.74, 6) is 0.438. The molecule has 3 aromatic heterocycles. The molecule has 1 N–H and O–H groups in total. The van der Waals surface area contributed by atoms with Crippen LogP contribution in [0.15, 0.2) is 41.0 Å². The number of benzene rings is 1. The lowest BCUT2D eigenvalue weighted by Gasteiger charge is -2.15. The SMILES string of the molecule is Cn1c(NC#N)nc2c3cc(Br)ccc3nc(-c3ccc(C(C)(C)C#N)nc3)c21. The monoisotopic (exact) mass is 445 g/mol. The van der Waals surface area contributed by atoms with E-state index < -0.39 is 5.41 Å². The number of aryl methyl sites for hydroxylation is 1. The lowest BCUT2D eigenvalue weighted by Crippen LogP contribution is -2.15. The van der Waals surface area contributed by atoms with Gasteiger partial charge in [-0.25, -0.2) is 9.97 Å². The molecule has 0 aliphatic carbocycles. The molecule has 0 unspecified atom stereocenters. The molecule has 4 rings (SSSR count). The van der Waals surface area contributed by atoms with Crippen LogP contribution in [0, 0.1) is 22.8 Å². The van der Waals surface area contributed by atoms with E-state index in [0.717, 1.165) is 32.0 Å². The molecule has 0 radical (unpaired) electrons. The number of nitrogens with one attached hydrogen (secondary N) is 1. The summed E-state index contributed by atoms with van der Waals surface area (Å²) < 4.78 is 2.74. The smallest absolute Gasteiger partial charge is 0.217 e. The van der Waals surface area contributed by atoms with Gasteiger partial charge in [-0.05, 0) is 44.2 Å². The Hall–Kier alpha value is -3.49. The zero-order valence-corrected chi connectivity index (χ0v) is 17.6. The maximum absolute atomic E-state index is 9.35. The number of imidazole rings is 1. The zero-order chi connectivity index (χ0) is 20.8. The van der Waals surface area contributed by atoms with Crippen molar-refractivity contribution >= 4 is 43.8 Å². The number of halogens is 1. The van der Waals surface area contributed by atoms with E-state index >= 15 is 0 Å². The summed E-state index contributed by atoms with van der Waals surface area (Å²) >= 11 is 3.50. The fraction of sp³-hybridized carbons (Fsp3) is 0.190. The fourth-order valence-electron chi connectivity index (χ4n) is 3.25. The average Bonchev–Trinajstić information content (AvgIpc) is 3.05. The predicted octanol–water partition coefficient (Wildman–Crippen LogP) is 4.64. The summed E-state index contributed by atoms with van der Waals surface area (Å²) in [5.41, 5.74) is 3.87. The van der Waals surface area contributed by atoms with Gasteiger partial charge < -0.3 is 4.57 Å². The van der Waals surface area contributed by atoms with Gasteiger partial charge in [0.15, 0.2) is 6.19 Å². The largest absolute Gasteiger partial charge is 0.311 e. The topological polar surface area (TPSA) is 103 Å². The summed E-state index contributed by atoms with van der Waals surface area (Å²) in [6.07, 6.45) is 3.66. The Morgan fingerprint density at radius 2 is 1.93 bits per heavy atom. The Labute approximate surface area is 175 Å². The highest BCUT2D eigenvalue weighted by atomic mass is 79.9. The van der Waals surface area contributed by atoms with Crippen LogP contribution < -0.4 is 5.32 Å². The van der Waals surface area contributed by atoms with Crippen molar-refractivity contribution in [3.8, 4) is 23.5 Å². The molecule has 0 aliphatic heterocycles. The zero-order valence-electron chi connectivity index (χ0n) is 16.0. The average molecular weight is 446 g/mol. The first kappa shape index (κ1) is 18.9. The highest BCUT2D eigenvalue weighted by molar-refractivity contribution is 9.10. The Morgan fingerprint density at radius 1 is 1.14 bits per heavy atom. The van der Waals surface area contributed by atoms with Crippen molar-refractivity contribution in [2.24, 2.45) is 7.05 Å². The van der Waals surface area contributed by atoms with Crippen molar-refractivity contribution in [1.82, 2.24) is 19.5 Å². The lowest BCUT2D eigenvalue weighted by atomic mass is 9.90. The molecule has 7 nitrogen and oxygen atoms in total. The van der Waals surface area contributed by atoms with Crippen LogP contribution in [0.1, 0.15) is 19.5 Å². The van der Waals surface area contributed by atoms with Gasteiger partial charge >= 0.3 is 0 Å². The number of hydrogen-bond donors (Lipinski definition) is 1. The van der Waals surface area contributed by atoms with E-state index in [2.05, 4.69) is 37.3 Å². The summed E-state index contributed by atoms with van der Waals surface area (Å²) in [6.45, 7) is 3.67. The molecule has 1 aromatic carbocycles. The van der Waals surface area contributed by atoms with Crippen LogP contribution >= 0.6 is 15.9 Å². The highest BCUT2D eigenvalue weighted by Crippen LogP contribution is 2.35. The number of hydrogen-bond acceptors (Lipinski definition) is 6. The number of aromatic nitrogens is 4. The van der Waals surface area contributed by atoms with E-state index in [4.69, 9.17) is 10.2 Å². The minimum absolute atomic E-state index is 0.438. The molecule has 0 fully saturated rings. The third-order valence-corrected chi connectivity index (χ3v) is 5.38. The van der Waals surface area contributed by atoms with Crippen molar-refractivity contribution < 1.29 is 0 Å². The van der Waals surface area contributed by atoms with Crippen LogP contribution in [0.4, 0.5) is 5.95 Å². The highest BCUT2D eigenvalue weighted by Gasteiger charge is 2.22. The number of pyridine rings is 2. The van der Waals surface area contributed by atoms with Gasteiger partial charge in [0.2, 0.25) is 5.95 Å². The first-order valence-electron chi connectivity index (χ1n) is 8.84. The van der Waals surface area contributed by atoms with Crippen LogP contribution in [-0.2, 0) is 12.5 Å². The second kappa shape index (κ2) is 6.84. The molecule has 142 valence electrons. The summed E-state index contributed by atoms with van der Waals surface area (Å²) in [7, 11) is 1.84. The molecule has 0 aliphatic rings. The van der Waals surface area contributed by atoms with Gasteiger partial charge in [-0.15, -0.1) is 0 Å². The molecule has 0 amide bonds. The fourth-order valence-corrected chi connectivity index (χ4v) is 3.61. The first-order chi connectivity index (χ1) is 13.9. The molecule has 0 saturated carbocycles. The van der Waals surface area contributed by atoms with E-state index in [1.165, 1.54) is 0 Å². The predicted molar refractivity (Wildman–Crippen MR) is 115 cm³/mol. The van der Waals surface area contributed by atoms with Crippen molar-refractivity contribution in [2.75, 3.05) is 5.32 Å². The van der Waals surface area contributed by atoms with Gasteiger partial charge in [0, 0.05) is 28.7 Å². The molecular weight excluding hydrogens is 430 g/mol. The molecule has 3 heterocycles. The van der Waals surface area contributed by atoms with Crippen molar-refractivity contribution in [3.63, 3.8) is 0 Å². The van der Waals surface area contributed by atoms with Gasteiger partial charge in [0.05, 0.1) is 33.9 Å². The van der Waals surface area contributed by atoms with Crippen molar-refractivity contribution in [2.45, 2.75) is 19.3 Å². The lowest BCUT2D eigenvalue weighted by molar-refractivity contribution is 0.660. The Bertz CT molecular complexity index is 1340. The van der Waals surface area contributed by atoms with E-state index in [9.17, 15) is 5.26 Å². The molecule has 4 aromatic rings. The number of fused-ring (bicyclic) bond motifs is 3. The normalized spacial score (nSPS) is 11.4. The third kappa shape index (κ3) is 3.08. The molecule has 8 heteroatoms. The first-order valence-corrected chi connectivity index (χ1v) is 9.64. The van der Waals surface area contributed by atoms with Crippen LogP contribution in [0.25, 0.3) is 33.2 Å². The minimum atomic E-state index is -0.673. The summed E-state index contributed by atoms with van der Waals surface area (Å²) in [4.78, 5) is 14.0.